The van der Waals surface area contributed by atoms with Gasteiger partial charge in [0.25, 0.3) is 0 Å². The molecule has 0 aliphatic heterocycles. The van der Waals surface area contributed by atoms with Gasteiger partial charge in [0.05, 0.1) is 0 Å². The second-order valence-corrected chi connectivity index (χ2v) is 4.02. The van der Waals surface area contributed by atoms with E-state index in [1.54, 1.807) is 0 Å². The molecular weight excluding hydrogens is 162 g/mol. The highest BCUT2D eigenvalue weighted by Crippen LogP contribution is 2.29. The molecule has 0 bridgehead atoms. The molecule has 13 heavy (non-hydrogen) atoms. The van der Waals surface area contributed by atoms with Gasteiger partial charge in [-0.1, -0.05) is 12.8 Å². The van der Waals surface area contributed by atoms with Crippen molar-refractivity contribution in [2.45, 2.75) is 32.6 Å². The van der Waals surface area contributed by atoms with E-state index in [4.69, 9.17) is 4.74 Å². The van der Waals surface area contributed by atoms with Crippen molar-refractivity contribution in [3.8, 4) is 0 Å². The largest absolute Gasteiger partial charge is 0.381 e. The molecule has 2 atom stereocenters. The van der Waals surface area contributed by atoms with Gasteiger partial charge in [-0.3, -0.25) is 0 Å². The smallest absolute Gasteiger partial charge is 0.0497 e. The minimum atomic E-state index is 0.807. The van der Waals surface area contributed by atoms with E-state index >= 15 is 0 Å². The Hall–Kier alpha value is -0.0800. The minimum Gasteiger partial charge on any atom is -0.381 e. The summed E-state index contributed by atoms with van der Waals surface area (Å²) in [5.74, 6) is 1.66. The topological polar surface area (TPSA) is 21.3 Å². The quantitative estimate of drug-likeness (QED) is 0.708. The van der Waals surface area contributed by atoms with Crippen molar-refractivity contribution >= 4 is 0 Å². The molecule has 2 heteroatoms. The van der Waals surface area contributed by atoms with Crippen LogP contribution in [0.15, 0.2) is 0 Å². The molecule has 1 N–H and O–H groups in total. The first-order valence-corrected chi connectivity index (χ1v) is 5.60. The highest BCUT2D eigenvalue weighted by molar-refractivity contribution is 4.76. The second kappa shape index (κ2) is 6.39. The molecule has 0 aromatic carbocycles. The molecule has 0 aromatic rings. The second-order valence-electron chi connectivity index (χ2n) is 4.02. The molecule has 1 fully saturated rings. The standard InChI is InChI=1S/C11H23NO/c1-3-13-9-11-7-5-4-6-10(11)8-12-2/h10-12H,3-9H2,1-2H3. The summed E-state index contributed by atoms with van der Waals surface area (Å²) in [5.41, 5.74) is 0. The third kappa shape index (κ3) is 3.65. The third-order valence-electron chi connectivity index (χ3n) is 3.07. The van der Waals surface area contributed by atoms with Crippen LogP contribution in [-0.2, 0) is 4.74 Å². The predicted octanol–water partition coefficient (Wildman–Crippen LogP) is 2.05. The summed E-state index contributed by atoms with van der Waals surface area (Å²) in [7, 11) is 2.05. The fourth-order valence-electron chi connectivity index (χ4n) is 2.30. The molecular formula is C11H23NO. The number of ether oxygens (including phenoxy) is 1. The van der Waals surface area contributed by atoms with Gasteiger partial charge in [0.15, 0.2) is 0 Å². The highest BCUT2D eigenvalue weighted by atomic mass is 16.5. The highest BCUT2D eigenvalue weighted by Gasteiger charge is 2.24. The molecule has 2 unspecified atom stereocenters. The van der Waals surface area contributed by atoms with Crippen molar-refractivity contribution in [2.24, 2.45) is 11.8 Å². The Labute approximate surface area is 82.0 Å². The van der Waals surface area contributed by atoms with Gasteiger partial charge in [0, 0.05) is 13.2 Å². The number of hydrogen-bond donors (Lipinski definition) is 1. The molecule has 78 valence electrons. The fourth-order valence-corrected chi connectivity index (χ4v) is 2.30. The van der Waals surface area contributed by atoms with E-state index < -0.39 is 0 Å². The summed E-state index contributed by atoms with van der Waals surface area (Å²) in [5, 5.41) is 3.29. The van der Waals surface area contributed by atoms with Gasteiger partial charge in [-0.15, -0.1) is 0 Å². The monoisotopic (exact) mass is 185 g/mol. The Bertz CT molecular complexity index is 125. The van der Waals surface area contributed by atoms with Crippen LogP contribution >= 0.6 is 0 Å². The summed E-state index contributed by atoms with van der Waals surface area (Å²) in [6, 6.07) is 0. The summed E-state index contributed by atoms with van der Waals surface area (Å²) in [4.78, 5) is 0. The summed E-state index contributed by atoms with van der Waals surface area (Å²) < 4.78 is 5.52. The lowest BCUT2D eigenvalue weighted by molar-refractivity contribution is 0.0667. The maximum atomic E-state index is 5.52. The average molecular weight is 185 g/mol. The minimum absolute atomic E-state index is 0.807. The van der Waals surface area contributed by atoms with E-state index in [-0.39, 0.29) is 0 Å². The Morgan fingerprint density at radius 3 is 2.54 bits per heavy atom. The Morgan fingerprint density at radius 2 is 1.92 bits per heavy atom. The Balaban J connectivity index is 2.28. The van der Waals surface area contributed by atoms with E-state index in [0.29, 0.717) is 0 Å². The van der Waals surface area contributed by atoms with Crippen LogP contribution in [0.3, 0.4) is 0 Å². The van der Waals surface area contributed by atoms with Crippen LogP contribution in [-0.4, -0.2) is 26.8 Å². The molecule has 1 aliphatic carbocycles. The van der Waals surface area contributed by atoms with Crippen molar-refractivity contribution in [2.75, 3.05) is 26.8 Å². The molecule has 1 aliphatic rings. The first-order valence-electron chi connectivity index (χ1n) is 5.60. The zero-order valence-corrected chi connectivity index (χ0v) is 9.01. The van der Waals surface area contributed by atoms with Crippen LogP contribution in [0.2, 0.25) is 0 Å². The van der Waals surface area contributed by atoms with E-state index in [1.807, 2.05) is 7.05 Å². The van der Waals surface area contributed by atoms with Crippen molar-refractivity contribution < 1.29 is 4.74 Å². The van der Waals surface area contributed by atoms with E-state index in [2.05, 4.69) is 12.2 Å². The van der Waals surface area contributed by atoms with Gasteiger partial charge < -0.3 is 10.1 Å². The maximum Gasteiger partial charge on any atom is 0.0497 e. The lowest BCUT2D eigenvalue weighted by atomic mass is 9.79. The normalized spacial score (nSPS) is 29.1. The number of rotatable bonds is 5. The van der Waals surface area contributed by atoms with E-state index in [0.717, 1.165) is 31.6 Å². The van der Waals surface area contributed by atoms with Gasteiger partial charge in [-0.25, -0.2) is 0 Å². The molecule has 0 amide bonds. The molecule has 0 saturated heterocycles. The first kappa shape index (κ1) is 11.0. The molecule has 1 saturated carbocycles. The number of hydrogen-bond acceptors (Lipinski definition) is 2. The van der Waals surface area contributed by atoms with Crippen LogP contribution in [0.5, 0.6) is 0 Å². The van der Waals surface area contributed by atoms with Gasteiger partial charge in [0.1, 0.15) is 0 Å². The SMILES string of the molecule is CCOCC1CCCCC1CNC. The summed E-state index contributed by atoms with van der Waals surface area (Å²) >= 11 is 0. The van der Waals surface area contributed by atoms with Crippen LogP contribution in [0.25, 0.3) is 0 Å². The van der Waals surface area contributed by atoms with Crippen LogP contribution in [0.1, 0.15) is 32.6 Å². The fraction of sp³-hybridized carbons (Fsp3) is 1.00. The lowest BCUT2D eigenvalue weighted by Gasteiger charge is -2.31. The van der Waals surface area contributed by atoms with Crippen LogP contribution in [0.4, 0.5) is 0 Å². The van der Waals surface area contributed by atoms with Crippen molar-refractivity contribution in [1.29, 1.82) is 0 Å². The molecule has 2 nitrogen and oxygen atoms in total. The third-order valence-corrected chi connectivity index (χ3v) is 3.07. The molecule has 1 rings (SSSR count). The van der Waals surface area contributed by atoms with Crippen LogP contribution < -0.4 is 5.32 Å². The van der Waals surface area contributed by atoms with Crippen molar-refractivity contribution in [1.82, 2.24) is 5.32 Å². The molecule has 0 aromatic heterocycles. The van der Waals surface area contributed by atoms with Gasteiger partial charge in [0.2, 0.25) is 0 Å². The Morgan fingerprint density at radius 1 is 1.23 bits per heavy atom. The zero-order valence-electron chi connectivity index (χ0n) is 9.01. The Kier molecular flexibility index (Phi) is 5.40. The lowest BCUT2D eigenvalue weighted by Crippen LogP contribution is -2.31. The zero-order chi connectivity index (χ0) is 9.52. The van der Waals surface area contributed by atoms with Gasteiger partial charge in [-0.2, -0.15) is 0 Å². The first-order chi connectivity index (χ1) is 6.38. The maximum absolute atomic E-state index is 5.52. The number of nitrogens with one attached hydrogen (secondary N) is 1. The van der Waals surface area contributed by atoms with E-state index in [9.17, 15) is 0 Å². The molecule has 0 radical (unpaired) electrons. The summed E-state index contributed by atoms with van der Waals surface area (Å²) in [6.45, 7) is 5.08. The van der Waals surface area contributed by atoms with E-state index in [1.165, 1.54) is 25.7 Å². The molecule has 0 heterocycles. The van der Waals surface area contributed by atoms with Crippen molar-refractivity contribution in [3.63, 3.8) is 0 Å². The molecule has 0 spiro atoms. The van der Waals surface area contributed by atoms with Gasteiger partial charge >= 0.3 is 0 Å². The summed E-state index contributed by atoms with van der Waals surface area (Å²) in [6.07, 6.45) is 5.57. The van der Waals surface area contributed by atoms with Crippen molar-refractivity contribution in [3.05, 3.63) is 0 Å². The predicted molar refractivity (Wildman–Crippen MR) is 55.9 cm³/mol. The van der Waals surface area contributed by atoms with Gasteiger partial charge in [-0.05, 0) is 45.2 Å². The average Bonchev–Trinajstić information content (AvgIpc) is 2.17. The van der Waals surface area contributed by atoms with Crippen LogP contribution in [0, 0.1) is 11.8 Å².